The lowest BCUT2D eigenvalue weighted by Gasteiger charge is -2.09. The zero-order valence-electron chi connectivity index (χ0n) is 14.0. The van der Waals surface area contributed by atoms with Crippen LogP contribution in [0, 0.1) is 0 Å². The number of hydrogen-bond donors (Lipinski definition) is 4. The van der Waals surface area contributed by atoms with Crippen molar-refractivity contribution in [3.05, 3.63) is 72.6 Å². The van der Waals surface area contributed by atoms with E-state index in [-0.39, 0.29) is 12.5 Å². The Morgan fingerprint density at radius 1 is 0.923 bits per heavy atom. The molecule has 7 heteroatoms. The van der Waals surface area contributed by atoms with Crippen molar-refractivity contribution >= 4 is 28.9 Å². The van der Waals surface area contributed by atoms with Gasteiger partial charge in [-0.3, -0.25) is 4.79 Å². The van der Waals surface area contributed by atoms with Gasteiger partial charge in [0, 0.05) is 29.5 Å². The minimum atomic E-state index is -0.151. The van der Waals surface area contributed by atoms with E-state index in [1.807, 2.05) is 42.5 Å². The quantitative estimate of drug-likeness (QED) is 0.523. The molecule has 0 bridgehead atoms. The van der Waals surface area contributed by atoms with E-state index in [0.29, 0.717) is 29.4 Å². The highest BCUT2D eigenvalue weighted by molar-refractivity contribution is 6.04. The highest BCUT2D eigenvalue weighted by atomic mass is 16.3. The minimum absolute atomic E-state index is 0.0307. The molecule has 0 aliphatic heterocycles. The predicted molar refractivity (Wildman–Crippen MR) is 102 cm³/mol. The maximum atomic E-state index is 12.1. The zero-order valence-corrected chi connectivity index (χ0v) is 14.0. The van der Waals surface area contributed by atoms with Crippen LogP contribution in [0.25, 0.3) is 0 Å². The van der Waals surface area contributed by atoms with E-state index in [1.54, 1.807) is 18.2 Å². The average Bonchev–Trinajstić information content (AvgIpc) is 2.69. The van der Waals surface area contributed by atoms with E-state index in [1.165, 1.54) is 6.33 Å². The Labute approximate surface area is 151 Å². The van der Waals surface area contributed by atoms with Gasteiger partial charge in [-0.1, -0.05) is 18.2 Å². The van der Waals surface area contributed by atoms with Gasteiger partial charge in [-0.25, -0.2) is 9.97 Å². The summed E-state index contributed by atoms with van der Waals surface area (Å²) in [6.45, 7) is 0.454. The summed E-state index contributed by atoms with van der Waals surface area (Å²) in [7, 11) is 0. The second-order valence-electron chi connectivity index (χ2n) is 5.46. The molecule has 0 unspecified atom stereocenters. The first-order valence-corrected chi connectivity index (χ1v) is 8.15. The van der Waals surface area contributed by atoms with Crippen molar-refractivity contribution in [1.82, 2.24) is 9.97 Å². The Morgan fingerprint density at radius 3 is 2.35 bits per heavy atom. The van der Waals surface area contributed by atoms with E-state index >= 15 is 0 Å². The van der Waals surface area contributed by atoms with Crippen LogP contribution < -0.4 is 16.0 Å². The smallest absolute Gasteiger partial charge is 0.255 e. The fraction of sp³-hybridized carbons (Fsp3) is 0.105. The van der Waals surface area contributed by atoms with Gasteiger partial charge in [0.2, 0.25) is 0 Å². The largest absolute Gasteiger partial charge is 0.395 e. The predicted octanol–water partition coefficient (Wildman–Crippen LogP) is 2.88. The number of anilines is 4. The third kappa shape index (κ3) is 4.78. The van der Waals surface area contributed by atoms with Gasteiger partial charge in [-0.05, 0) is 36.4 Å². The number of aliphatic hydroxyl groups excluding tert-OH is 1. The number of aromatic nitrogens is 2. The molecule has 0 atom stereocenters. The molecule has 0 spiro atoms. The Kier molecular flexibility index (Phi) is 5.74. The normalized spacial score (nSPS) is 10.2. The highest BCUT2D eigenvalue weighted by Crippen LogP contribution is 2.19. The van der Waals surface area contributed by atoms with Gasteiger partial charge in [0.1, 0.15) is 18.0 Å². The number of rotatable bonds is 7. The molecular formula is C19H19N5O2. The number of benzene rings is 2. The van der Waals surface area contributed by atoms with Crippen molar-refractivity contribution in [2.45, 2.75) is 0 Å². The van der Waals surface area contributed by atoms with Gasteiger partial charge in [0.25, 0.3) is 5.91 Å². The maximum Gasteiger partial charge on any atom is 0.255 e. The Morgan fingerprint density at radius 2 is 1.62 bits per heavy atom. The number of nitrogens with zero attached hydrogens (tertiary/aromatic N) is 2. The van der Waals surface area contributed by atoms with Crippen LogP contribution in [0.3, 0.4) is 0 Å². The van der Waals surface area contributed by atoms with Gasteiger partial charge in [-0.15, -0.1) is 0 Å². The molecule has 0 radical (unpaired) electrons. The Hall–Kier alpha value is -3.45. The van der Waals surface area contributed by atoms with E-state index in [0.717, 1.165) is 5.69 Å². The van der Waals surface area contributed by atoms with Gasteiger partial charge in [0.05, 0.1) is 6.61 Å². The number of carbonyl (C=O) groups is 1. The van der Waals surface area contributed by atoms with Crippen LogP contribution in [0.15, 0.2) is 67.0 Å². The number of carbonyl (C=O) groups excluding carboxylic acids is 1. The van der Waals surface area contributed by atoms with Crippen molar-refractivity contribution in [2.24, 2.45) is 0 Å². The summed E-state index contributed by atoms with van der Waals surface area (Å²) in [6, 6.07) is 18.1. The van der Waals surface area contributed by atoms with Crippen LogP contribution in [-0.4, -0.2) is 34.1 Å². The molecule has 1 heterocycles. The van der Waals surface area contributed by atoms with Crippen molar-refractivity contribution in [3.63, 3.8) is 0 Å². The molecule has 3 aromatic rings. The van der Waals surface area contributed by atoms with Crippen LogP contribution in [0.4, 0.5) is 23.0 Å². The van der Waals surface area contributed by atoms with Crippen molar-refractivity contribution in [2.75, 3.05) is 29.1 Å². The molecule has 0 saturated carbocycles. The molecule has 2 aromatic carbocycles. The highest BCUT2D eigenvalue weighted by Gasteiger charge is 2.05. The van der Waals surface area contributed by atoms with Crippen LogP contribution in [0.1, 0.15) is 10.4 Å². The van der Waals surface area contributed by atoms with Crippen LogP contribution in [0.2, 0.25) is 0 Å². The second kappa shape index (κ2) is 8.59. The van der Waals surface area contributed by atoms with Crippen LogP contribution >= 0.6 is 0 Å². The van der Waals surface area contributed by atoms with E-state index in [4.69, 9.17) is 5.11 Å². The topological polar surface area (TPSA) is 99.2 Å². The van der Waals surface area contributed by atoms with Crippen molar-refractivity contribution in [3.8, 4) is 0 Å². The minimum Gasteiger partial charge on any atom is -0.395 e. The number of hydrogen-bond acceptors (Lipinski definition) is 6. The third-order valence-corrected chi connectivity index (χ3v) is 3.54. The summed E-state index contributed by atoms with van der Waals surface area (Å²) < 4.78 is 0. The van der Waals surface area contributed by atoms with Gasteiger partial charge >= 0.3 is 0 Å². The monoisotopic (exact) mass is 349 g/mol. The van der Waals surface area contributed by atoms with E-state index in [9.17, 15) is 4.79 Å². The lowest BCUT2D eigenvalue weighted by Crippen LogP contribution is -2.11. The summed E-state index contributed by atoms with van der Waals surface area (Å²) in [5.41, 5.74) is 2.14. The summed E-state index contributed by atoms with van der Waals surface area (Å²) >= 11 is 0. The van der Waals surface area contributed by atoms with Crippen molar-refractivity contribution in [1.29, 1.82) is 0 Å². The molecular weight excluding hydrogens is 330 g/mol. The molecule has 132 valence electrons. The molecule has 0 aliphatic rings. The summed E-state index contributed by atoms with van der Waals surface area (Å²) in [5, 5.41) is 17.8. The van der Waals surface area contributed by atoms with E-state index < -0.39 is 0 Å². The fourth-order valence-electron chi connectivity index (χ4n) is 2.28. The molecule has 0 fully saturated rings. The number of aliphatic hydroxyl groups is 1. The second-order valence-corrected chi connectivity index (χ2v) is 5.46. The van der Waals surface area contributed by atoms with Crippen molar-refractivity contribution < 1.29 is 9.90 Å². The number of nitrogens with one attached hydrogen (secondary N) is 3. The number of amides is 1. The molecule has 1 amide bonds. The van der Waals surface area contributed by atoms with Crippen LogP contribution in [-0.2, 0) is 0 Å². The molecule has 0 aliphatic carbocycles. The SMILES string of the molecule is O=C(Nc1ccc(Nc2cc(NCCO)ncn2)cc1)c1ccccc1. The third-order valence-electron chi connectivity index (χ3n) is 3.54. The van der Waals surface area contributed by atoms with Gasteiger partial charge in [-0.2, -0.15) is 0 Å². The lowest BCUT2D eigenvalue weighted by atomic mass is 10.2. The molecule has 1 aromatic heterocycles. The van der Waals surface area contributed by atoms with Gasteiger partial charge in [0.15, 0.2) is 0 Å². The lowest BCUT2D eigenvalue weighted by molar-refractivity contribution is 0.102. The van der Waals surface area contributed by atoms with Crippen LogP contribution in [0.5, 0.6) is 0 Å². The first kappa shape index (κ1) is 17.4. The maximum absolute atomic E-state index is 12.1. The Balaban J connectivity index is 1.62. The first-order chi connectivity index (χ1) is 12.7. The summed E-state index contributed by atoms with van der Waals surface area (Å²) in [6.07, 6.45) is 1.44. The fourth-order valence-corrected chi connectivity index (χ4v) is 2.28. The molecule has 3 rings (SSSR count). The summed E-state index contributed by atoms with van der Waals surface area (Å²) in [5.74, 6) is 1.10. The molecule has 4 N–H and O–H groups in total. The van der Waals surface area contributed by atoms with E-state index in [2.05, 4.69) is 25.9 Å². The van der Waals surface area contributed by atoms with Gasteiger partial charge < -0.3 is 21.1 Å². The molecule has 7 nitrogen and oxygen atoms in total. The molecule has 26 heavy (non-hydrogen) atoms. The zero-order chi connectivity index (χ0) is 18.2. The average molecular weight is 349 g/mol. The Bertz CT molecular complexity index is 853. The summed E-state index contributed by atoms with van der Waals surface area (Å²) in [4.78, 5) is 20.4. The standard InChI is InChI=1S/C19H19N5O2/c25-11-10-20-17-12-18(22-13-21-17)23-15-6-8-16(9-7-15)24-19(26)14-4-2-1-3-5-14/h1-9,12-13,25H,10-11H2,(H,24,26)(H2,20,21,22,23). The molecule has 0 saturated heterocycles. The first-order valence-electron chi connectivity index (χ1n) is 8.15.